The van der Waals surface area contributed by atoms with Gasteiger partial charge in [-0.05, 0) is 30.6 Å². The maximum Gasteiger partial charge on any atom is 0.319 e. The van der Waals surface area contributed by atoms with Gasteiger partial charge in [-0.15, -0.1) is 6.58 Å². The van der Waals surface area contributed by atoms with Crippen LogP contribution in [-0.2, 0) is 19.2 Å². The number of urea groups is 2. The summed E-state index contributed by atoms with van der Waals surface area (Å²) in [6.45, 7) is 19.6. The zero-order chi connectivity index (χ0) is 33.1. The van der Waals surface area contributed by atoms with Crippen LogP contribution in [0.3, 0.4) is 0 Å². The zero-order valence-corrected chi connectivity index (χ0v) is 27.5. The lowest BCUT2D eigenvalue weighted by molar-refractivity contribution is -0.144. The summed E-state index contributed by atoms with van der Waals surface area (Å²) in [5, 5.41) is 10.6. The molecule has 1 aliphatic rings. The van der Waals surface area contributed by atoms with E-state index in [1.54, 1.807) is 16.8 Å². The van der Waals surface area contributed by atoms with Crippen molar-refractivity contribution in [2.24, 2.45) is 10.8 Å². The minimum atomic E-state index is -0.996. The fourth-order valence-electron chi connectivity index (χ4n) is 4.54. The summed E-state index contributed by atoms with van der Waals surface area (Å²) in [6.07, 6.45) is 2.80. The molecule has 0 saturated carbocycles. The van der Waals surface area contributed by atoms with Crippen LogP contribution in [-0.4, -0.2) is 115 Å². The molecule has 43 heavy (non-hydrogen) atoms. The largest absolute Gasteiger partial charge is 0.347 e. The quantitative estimate of drug-likeness (QED) is 0.173. The van der Waals surface area contributed by atoms with E-state index in [1.165, 1.54) is 17.9 Å². The van der Waals surface area contributed by atoms with Crippen LogP contribution in [0, 0.1) is 10.8 Å². The van der Waals surface area contributed by atoms with Gasteiger partial charge in [-0.3, -0.25) is 19.2 Å². The molecule has 1 fully saturated rings. The van der Waals surface area contributed by atoms with E-state index in [-0.39, 0.29) is 19.1 Å². The number of nitrogens with one attached hydrogen (secondary N) is 4. The van der Waals surface area contributed by atoms with Crippen molar-refractivity contribution < 1.29 is 28.8 Å². The van der Waals surface area contributed by atoms with Gasteiger partial charge < -0.3 is 36.0 Å². The second kappa shape index (κ2) is 16.3. The molecule has 0 spiro atoms. The summed E-state index contributed by atoms with van der Waals surface area (Å²) >= 11 is 0. The number of hydrogen-bond acceptors (Lipinski definition) is 6. The molecule has 0 aromatic carbocycles. The van der Waals surface area contributed by atoms with Gasteiger partial charge in [0.05, 0.1) is 12.6 Å². The molecule has 0 bridgehead atoms. The lowest BCUT2D eigenvalue weighted by Crippen LogP contribution is -2.62. The maximum absolute atomic E-state index is 13.9. The molecule has 244 valence electrons. The Hall–Kier alpha value is -3.64. The molecule has 0 aromatic heterocycles. The van der Waals surface area contributed by atoms with Crippen molar-refractivity contribution in [1.29, 1.82) is 0 Å². The van der Waals surface area contributed by atoms with Crippen molar-refractivity contribution in [3.63, 3.8) is 0 Å². The van der Waals surface area contributed by atoms with E-state index in [1.807, 2.05) is 48.5 Å². The summed E-state index contributed by atoms with van der Waals surface area (Å²) in [4.78, 5) is 81.6. The molecule has 1 aliphatic heterocycles. The van der Waals surface area contributed by atoms with Crippen LogP contribution < -0.4 is 21.3 Å². The Morgan fingerprint density at radius 3 is 2.16 bits per heavy atom. The van der Waals surface area contributed by atoms with E-state index in [2.05, 4.69) is 27.8 Å². The Morgan fingerprint density at radius 2 is 1.63 bits per heavy atom. The third-order valence-electron chi connectivity index (χ3n) is 7.34. The van der Waals surface area contributed by atoms with Gasteiger partial charge in [0.25, 0.3) is 5.91 Å². The molecule has 13 heteroatoms. The molecule has 0 unspecified atom stereocenters. The Kier molecular flexibility index (Phi) is 14.1. The molecule has 7 amide bonds. The normalized spacial score (nSPS) is 16.0. The minimum absolute atomic E-state index is 0.0907. The highest BCUT2D eigenvalue weighted by Gasteiger charge is 2.40. The first-order chi connectivity index (χ1) is 19.8. The van der Waals surface area contributed by atoms with Gasteiger partial charge >= 0.3 is 12.1 Å². The van der Waals surface area contributed by atoms with Gasteiger partial charge in [0.2, 0.25) is 17.6 Å². The second-order valence-electron chi connectivity index (χ2n) is 13.2. The number of Topliss-reactive ketones (excluding diaryl/α,β-unsaturated/α-hetero) is 1. The van der Waals surface area contributed by atoms with Gasteiger partial charge in [0.15, 0.2) is 0 Å². The lowest BCUT2D eigenvalue weighted by Gasteiger charge is -2.40. The molecule has 3 atom stereocenters. The molecule has 0 aliphatic carbocycles. The molecule has 0 aromatic rings. The highest BCUT2D eigenvalue weighted by molar-refractivity contribution is 6.37. The Morgan fingerprint density at radius 1 is 1.00 bits per heavy atom. The zero-order valence-electron chi connectivity index (χ0n) is 27.5. The maximum atomic E-state index is 13.9. The van der Waals surface area contributed by atoms with E-state index >= 15 is 0 Å². The van der Waals surface area contributed by atoms with Gasteiger partial charge in [0, 0.05) is 39.8 Å². The van der Waals surface area contributed by atoms with Crippen molar-refractivity contribution >= 4 is 35.6 Å². The summed E-state index contributed by atoms with van der Waals surface area (Å²) in [7, 11) is 1.75. The molecule has 0 radical (unpaired) electrons. The van der Waals surface area contributed by atoms with E-state index in [4.69, 9.17) is 0 Å². The topological polar surface area (TPSA) is 160 Å². The minimum Gasteiger partial charge on any atom is -0.347 e. The number of carbonyl (C=O) groups is 6. The number of nitrogens with zero attached hydrogens (tertiary/aromatic N) is 3. The van der Waals surface area contributed by atoms with Crippen LogP contribution in [0.1, 0.15) is 68.2 Å². The number of ketones is 1. The molecule has 1 heterocycles. The van der Waals surface area contributed by atoms with Crippen LogP contribution in [0.2, 0.25) is 0 Å². The second-order valence-corrected chi connectivity index (χ2v) is 13.2. The SMILES string of the molecule is C=CCNC(=O)C(=O)CNC(=O)[C@H](C)N(CCC)C(=O)[C@@H](NC(=O)N[C@H](CN1CCCN(C)C1=O)C(C)(C)C)C(C)(C)C. The standard InChI is InChI=1S/C30H53N7O6/c1-11-14-31-25(40)21(38)18-32-24(39)20(3)37(15-12-2)26(41)23(30(7,8)9)34-27(42)33-22(29(4,5)6)19-36-17-13-16-35(10)28(36)43/h11,20,22-23H,1,12-19H2,2-10H3,(H,31,40)(H,32,39)(H2,33,34,42)/t20-,22+,23+/m0/s1. The summed E-state index contributed by atoms with van der Waals surface area (Å²) < 4.78 is 0. The molecule has 13 nitrogen and oxygen atoms in total. The Bertz CT molecular complexity index is 1030. The van der Waals surface area contributed by atoms with E-state index in [0.29, 0.717) is 26.1 Å². The van der Waals surface area contributed by atoms with Crippen molar-refractivity contribution in [2.45, 2.75) is 86.4 Å². The Balaban J connectivity index is 3.06. The van der Waals surface area contributed by atoms with Crippen LogP contribution in [0.4, 0.5) is 9.59 Å². The van der Waals surface area contributed by atoms with Crippen molar-refractivity contribution in [3.8, 4) is 0 Å². The predicted molar refractivity (Wildman–Crippen MR) is 165 cm³/mol. The van der Waals surface area contributed by atoms with Crippen LogP contribution >= 0.6 is 0 Å². The molecular weight excluding hydrogens is 554 g/mol. The summed E-state index contributed by atoms with van der Waals surface area (Å²) in [6, 6.07) is -3.03. The number of rotatable bonds is 14. The van der Waals surface area contributed by atoms with Crippen LogP contribution in [0.15, 0.2) is 12.7 Å². The van der Waals surface area contributed by atoms with E-state index < -0.39 is 65.0 Å². The fraction of sp³-hybridized carbons (Fsp3) is 0.733. The molecule has 1 rings (SSSR count). The Labute approximate surface area is 256 Å². The van der Waals surface area contributed by atoms with Crippen molar-refractivity contribution in [1.82, 2.24) is 36.0 Å². The monoisotopic (exact) mass is 607 g/mol. The third kappa shape index (κ3) is 11.5. The van der Waals surface area contributed by atoms with Crippen molar-refractivity contribution in [3.05, 3.63) is 12.7 Å². The molecule has 4 N–H and O–H groups in total. The fourth-order valence-corrected chi connectivity index (χ4v) is 4.54. The third-order valence-corrected chi connectivity index (χ3v) is 7.34. The van der Waals surface area contributed by atoms with Crippen LogP contribution in [0.25, 0.3) is 0 Å². The number of carbonyl (C=O) groups excluding carboxylic acids is 6. The number of hydrogen-bond donors (Lipinski definition) is 4. The van der Waals surface area contributed by atoms with E-state index in [9.17, 15) is 28.8 Å². The average molecular weight is 608 g/mol. The van der Waals surface area contributed by atoms with Gasteiger partial charge in [0.1, 0.15) is 12.1 Å². The van der Waals surface area contributed by atoms with Gasteiger partial charge in [-0.2, -0.15) is 0 Å². The summed E-state index contributed by atoms with van der Waals surface area (Å²) in [5.74, 6) is -2.73. The smallest absolute Gasteiger partial charge is 0.319 e. The van der Waals surface area contributed by atoms with Crippen molar-refractivity contribution in [2.75, 3.05) is 46.3 Å². The van der Waals surface area contributed by atoms with Crippen LogP contribution in [0.5, 0.6) is 0 Å². The first-order valence-corrected chi connectivity index (χ1v) is 14.9. The lowest BCUT2D eigenvalue weighted by atomic mass is 9.85. The molecular formula is C30H53N7O6. The molecule has 1 saturated heterocycles. The number of amides is 7. The highest BCUT2D eigenvalue weighted by Crippen LogP contribution is 2.24. The highest BCUT2D eigenvalue weighted by atomic mass is 16.2. The predicted octanol–water partition coefficient (Wildman–Crippen LogP) is 1.49. The van der Waals surface area contributed by atoms with E-state index in [0.717, 1.165) is 6.42 Å². The first kappa shape index (κ1) is 37.4. The first-order valence-electron chi connectivity index (χ1n) is 14.9. The summed E-state index contributed by atoms with van der Waals surface area (Å²) in [5.41, 5.74) is -1.12. The van der Waals surface area contributed by atoms with Gasteiger partial charge in [-0.1, -0.05) is 54.5 Å². The average Bonchev–Trinajstić information content (AvgIpc) is 2.91. The van der Waals surface area contributed by atoms with Gasteiger partial charge in [-0.25, -0.2) is 9.59 Å².